The Kier molecular flexibility index (Phi) is 6.57. The highest BCUT2D eigenvalue weighted by Crippen LogP contribution is 2.42. The molecule has 31 heavy (non-hydrogen) atoms. The Labute approximate surface area is 186 Å². The third-order valence-electron chi connectivity index (χ3n) is 6.83. The number of ketones is 1. The summed E-state index contributed by atoms with van der Waals surface area (Å²) < 4.78 is 0. The summed E-state index contributed by atoms with van der Waals surface area (Å²) >= 11 is 0. The van der Waals surface area contributed by atoms with Crippen molar-refractivity contribution in [2.75, 3.05) is 18.4 Å². The zero-order valence-corrected chi connectivity index (χ0v) is 19.0. The Balaban J connectivity index is 1.60. The molecule has 4 rings (SSSR count). The first-order valence-corrected chi connectivity index (χ1v) is 11.7. The van der Waals surface area contributed by atoms with Crippen LogP contribution in [0.3, 0.4) is 0 Å². The average Bonchev–Trinajstić information content (AvgIpc) is 2.75. The Morgan fingerprint density at radius 3 is 2.68 bits per heavy atom. The standard InChI is InChI=1S/C27H34N2O2/c1-4-5-13-29(16-20-9-7-6-8-10-20)17-22-12-11-21-14-19(3)26-24(25(21)27(22)31)18(2)15-23(30)28-26/h6-10,14,18,22H,4-5,11-13,15-17H2,1-3H3,(H,28,30). The number of nitrogens with one attached hydrogen (secondary N) is 1. The number of benzene rings is 2. The summed E-state index contributed by atoms with van der Waals surface area (Å²) in [5.41, 5.74) is 6.40. The van der Waals surface area contributed by atoms with Gasteiger partial charge in [-0.1, -0.05) is 56.7 Å². The smallest absolute Gasteiger partial charge is 0.224 e. The van der Waals surface area contributed by atoms with E-state index in [-0.39, 0.29) is 23.5 Å². The van der Waals surface area contributed by atoms with Crippen molar-refractivity contribution in [3.8, 4) is 0 Å². The van der Waals surface area contributed by atoms with E-state index in [2.05, 4.69) is 54.4 Å². The molecule has 0 radical (unpaired) electrons. The fraction of sp³-hybridized carbons (Fsp3) is 0.481. The third kappa shape index (κ3) is 4.59. The largest absolute Gasteiger partial charge is 0.326 e. The number of hydrogen-bond donors (Lipinski definition) is 1. The van der Waals surface area contributed by atoms with Crippen molar-refractivity contribution >= 4 is 17.4 Å². The zero-order valence-electron chi connectivity index (χ0n) is 19.0. The van der Waals surface area contributed by atoms with Gasteiger partial charge in [0.25, 0.3) is 0 Å². The lowest BCUT2D eigenvalue weighted by Crippen LogP contribution is -2.37. The number of carbonyl (C=O) groups is 2. The summed E-state index contributed by atoms with van der Waals surface area (Å²) in [5, 5.41) is 3.04. The minimum Gasteiger partial charge on any atom is -0.326 e. The summed E-state index contributed by atoms with van der Waals surface area (Å²) in [6.07, 6.45) is 4.59. The van der Waals surface area contributed by atoms with Gasteiger partial charge < -0.3 is 5.32 Å². The fourth-order valence-electron chi connectivity index (χ4n) is 5.24. The van der Waals surface area contributed by atoms with Gasteiger partial charge in [0.05, 0.1) is 0 Å². The molecule has 0 bridgehead atoms. The number of rotatable bonds is 7. The lowest BCUT2D eigenvalue weighted by Gasteiger charge is -2.34. The Bertz CT molecular complexity index is 967. The maximum atomic E-state index is 13.7. The van der Waals surface area contributed by atoms with Crippen molar-refractivity contribution < 1.29 is 9.59 Å². The second kappa shape index (κ2) is 9.35. The van der Waals surface area contributed by atoms with Gasteiger partial charge in [-0.25, -0.2) is 0 Å². The predicted octanol–water partition coefficient (Wildman–Crippen LogP) is 5.49. The van der Waals surface area contributed by atoms with Crippen LogP contribution in [0.1, 0.15) is 78.1 Å². The van der Waals surface area contributed by atoms with E-state index in [1.165, 1.54) is 11.1 Å². The molecular weight excluding hydrogens is 384 g/mol. The number of anilines is 1. The molecule has 1 aliphatic carbocycles. The van der Waals surface area contributed by atoms with E-state index in [1.54, 1.807) is 0 Å². The Hall–Kier alpha value is -2.46. The molecule has 0 spiro atoms. The lowest BCUT2D eigenvalue weighted by atomic mass is 9.75. The van der Waals surface area contributed by atoms with Crippen LogP contribution in [-0.4, -0.2) is 29.7 Å². The fourth-order valence-corrected chi connectivity index (χ4v) is 5.24. The van der Waals surface area contributed by atoms with Gasteiger partial charge in [-0.3, -0.25) is 14.5 Å². The minimum atomic E-state index is 0.0182. The maximum absolute atomic E-state index is 13.7. The van der Waals surface area contributed by atoms with E-state index in [0.717, 1.165) is 67.7 Å². The molecule has 2 aromatic carbocycles. The number of fused-ring (bicyclic) bond motifs is 3. The van der Waals surface area contributed by atoms with Gasteiger partial charge in [0.1, 0.15) is 0 Å². The third-order valence-corrected chi connectivity index (χ3v) is 6.83. The Morgan fingerprint density at radius 1 is 1.16 bits per heavy atom. The Morgan fingerprint density at radius 2 is 1.94 bits per heavy atom. The highest BCUT2D eigenvalue weighted by molar-refractivity contribution is 6.06. The molecule has 1 aliphatic heterocycles. The molecule has 4 heteroatoms. The normalized spacial score (nSPS) is 20.4. The molecule has 1 amide bonds. The first-order valence-electron chi connectivity index (χ1n) is 11.7. The van der Waals surface area contributed by atoms with Crippen LogP contribution >= 0.6 is 0 Å². The van der Waals surface area contributed by atoms with Crippen LogP contribution in [0.4, 0.5) is 5.69 Å². The molecule has 2 aliphatic rings. The molecule has 2 aromatic rings. The second-order valence-corrected chi connectivity index (χ2v) is 9.34. The van der Waals surface area contributed by atoms with Gasteiger partial charge in [0.15, 0.2) is 5.78 Å². The van der Waals surface area contributed by atoms with Crippen molar-refractivity contribution in [2.45, 2.75) is 65.3 Å². The quantitative estimate of drug-likeness (QED) is 0.647. The monoisotopic (exact) mass is 418 g/mol. The topological polar surface area (TPSA) is 49.4 Å². The van der Waals surface area contributed by atoms with Crippen molar-refractivity contribution in [1.82, 2.24) is 4.90 Å². The molecule has 0 saturated heterocycles. The molecule has 1 heterocycles. The van der Waals surface area contributed by atoms with E-state index in [1.807, 2.05) is 13.0 Å². The molecule has 2 atom stereocenters. The number of Topliss-reactive ketones (excluding diaryl/α,β-unsaturated/α-hetero) is 1. The highest BCUT2D eigenvalue weighted by atomic mass is 16.1. The van der Waals surface area contributed by atoms with E-state index in [0.29, 0.717) is 6.42 Å². The summed E-state index contributed by atoms with van der Waals surface area (Å²) in [4.78, 5) is 28.3. The number of nitrogens with zero attached hydrogens (tertiary/aromatic N) is 1. The van der Waals surface area contributed by atoms with Gasteiger partial charge in [-0.05, 0) is 60.9 Å². The van der Waals surface area contributed by atoms with Crippen LogP contribution in [0.25, 0.3) is 0 Å². The van der Waals surface area contributed by atoms with Crippen LogP contribution in [0.15, 0.2) is 36.4 Å². The SMILES string of the molecule is CCCCN(Cc1ccccc1)CC1CCc2cc(C)c3c(c2C1=O)C(C)CC(=O)N3. The van der Waals surface area contributed by atoms with E-state index in [9.17, 15) is 9.59 Å². The van der Waals surface area contributed by atoms with E-state index in [4.69, 9.17) is 0 Å². The van der Waals surface area contributed by atoms with E-state index < -0.39 is 0 Å². The van der Waals surface area contributed by atoms with E-state index >= 15 is 0 Å². The zero-order chi connectivity index (χ0) is 22.0. The number of aryl methyl sites for hydroxylation is 2. The van der Waals surface area contributed by atoms with Gasteiger partial charge >= 0.3 is 0 Å². The van der Waals surface area contributed by atoms with Crippen molar-refractivity contribution in [2.24, 2.45) is 5.92 Å². The molecule has 164 valence electrons. The summed E-state index contributed by atoms with van der Waals surface area (Å²) in [6, 6.07) is 12.7. The average molecular weight is 419 g/mol. The molecular formula is C27H34N2O2. The first-order chi connectivity index (χ1) is 15.0. The molecule has 0 fully saturated rings. The van der Waals surface area contributed by atoms with Crippen LogP contribution in [-0.2, 0) is 17.8 Å². The first kappa shape index (κ1) is 21.8. The van der Waals surface area contributed by atoms with Gasteiger partial charge in [0, 0.05) is 36.7 Å². The van der Waals surface area contributed by atoms with Crippen LogP contribution in [0, 0.1) is 12.8 Å². The lowest BCUT2D eigenvalue weighted by molar-refractivity contribution is -0.116. The maximum Gasteiger partial charge on any atom is 0.224 e. The summed E-state index contributed by atoms with van der Waals surface area (Å²) in [5.74, 6) is 0.428. The van der Waals surface area contributed by atoms with Gasteiger partial charge in [-0.2, -0.15) is 0 Å². The van der Waals surface area contributed by atoms with Crippen molar-refractivity contribution in [1.29, 1.82) is 0 Å². The second-order valence-electron chi connectivity index (χ2n) is 9.34. The van der Waals surface area contributed by atoms with Crippen LogP contribution in [0.2, 0.25) is 0 Å². The van der Waals surface area contributed by atoms with Crippen molar-refractivity contribution in [3.05, 3.63) is 64.2 Å². The number of amides is 1. The van der Waals surface area contributed by atoms with Gasteiger partial charge in [0.2, 0.25) is 5.91 Å². The number of unbranched alkanes of at least 4 members (excludes halogenated alkanes) is 1. The molecule has 1 N–H and O–H groups in total. The van der Waals surface area contributed by atoms with Gasteiger partial charge in [-0.15, -0.1) is 0 Å². The van der Waals surface area contributed by atoms with Crippen LogP contribution < -0.4 is 5.32 Å². The molecule has 0 aromatic heterocycles. The van der Waals surface area contributed by atoms with Crippen molar-refractivity contribution in [3.63, 3.8) is 0 Å². The summed E-state index contributed by atoms with van der Waals surface area (Å²) in [6.45, 7) is 9.04. The van der Waals surface area contributed by atoms with Crippen LogP contribution in [0.5, 0.6) is 0 Å². The molecule has 4 nitrogen and oxygen atoms in total. The minimum absolute atomic E-state index is 0.0182. The number of carbonyl (C=O) groups excluding carboxylic acids is 2. The predicted molar refractivity (Wildman–Crippen MR) is 126 cm³/mol. The highest BCUT2D eigenvalue weighted by Gasteiger charge is 2.36. The molecule has 2 unspecified atom stereocenters. The number of hydrogen-bond acceptors (Lipinski definition) is 3. The molecule has 0 saturated carbocycles. The summed E-state index contributed by atoms with van der Waals surface area (Å²) in [7, 11) is 0.